The number of halogens is 1. The molecule has 24 heavy (non-hydrogen) atoms. The number of aromatic nitrogens is 1. The Morgan fingerprint density at radius 3 is 2.75 bits per heavy atom. The second kappa shape index (κ2) is 7.67. The summed E-state index contributed by atoms with van der Waals surface area (Å²) in [6.45, 7) is 1.69. The van der Waals surface area contributed by atoms with E-state index < -0.39 is 15.7 Å². The van der Waals surface area contributed by atoms with Gasteiger partial charge in [-0.1, -0.05) is 16.8 Å². The van der Waals surface area contributed by atoms with Crippen molar-refractivity contribution in [2.24, 2.45) is 0 Å². The molecular weight excluding hydrogens is 356 g/mol. The molecular formula is C15H17ClN2O5S. The lowest BCUT2D eigenvalue weighted by molar-refractivity contribution is -0.115. The molecule has 0 saturated heterocycles. The summed E-state index contributed by atoms with van der Waals surface area (Å²) in [5, 5.41) is 6.51. The van der Waals surface area contributed by atoms with Crippen molar-refractivity contribution in [3.8, 4) is 5.75 Å². The minimum atomic E-state index is -3.51. The van der Waals surface area contributed by atoms with Gasteiger partial charge in [0.05, 0.1) is 18.6 Å². The first-order valence-electron chi connectivity index (χ1n) is 7.05. The van der Waals surface area contributed by atoms with Gasteiger partial charge in [0.2, 0.25) is 5.91 Å². The number of hydrogen-bond donors (Lipinski definition) is 1. The van der Waals surface area contributed by atoms with Gasteiger partial charge in [0.1, 0.15) is 11.5 Å². The SMILES string of the molecule is COc1ccc(Cl)cc1CS(=O)(=O)CCC(=O)Nc1cc(C)on1. The van der Waals surface area contributed by atoms with Crippen molar-refractivity contribution in [2.45, 2.75) is 19.1 Å². The Balaban J connectivity index is 1.96. The molecule has 0 unspecified atom stereocenters. The number of nitrogens with zero attached hydrogens (tertiary/aromatic N) is 1. The van der Waals surface area contributed by atoms with Crippen molar-refractivity contribution in [2.75, 3.05) is 18.2 Å². The largest absolute Gasteiger partial charge is 0.496 e. The van der Waals surface area contributed by atoms with Crippen molar-refractivity contribution < 1.29 is 22.5 Å². The predicted octanol–water partition coefficient (Wildman–Crippen LogP) is 2.59. The molecule has 0 aliphatic heterocycles. The van der Waals surface area contributed by atoms with Crippen molar-refractivity contribution >= 4 is 33.2 Å². The monoisotopic (exact) mass is 372 g/mol. The minimum Gasteiger partial charge on any atom is -0.496 e. The average molecular weight is 373 g/mol. The van der Waals surface area contributed by atoms with Crippen LogP contribution in [0.25, 0.3) is 0 Å². The van der Waals surface area contributed by atoms with E-state index in [0.29, 0.717) is 22.1 Å². The normalized spacial score (nSPS) is 11.3. The number of rotatable bonds is 7. The molecule has 0 aliphatic carbocycles. The van der Waals surface area contributed by atoms with Crippen molar-refractivity contribution in [1.29, 1.82) is 0 Å². The highest BCUT2D eigenvalue weighted by Gasteiger charge is 2.18. The number of sulfone groups is 1. The summed E-state index contributed by atoms with van der Waals surface area (Å²) in [4.78, 5) is 11.8. The molecule has 9 heteroatoms. The summed E-state index contributed by atoms with van der Waals surface area (Å²) in [5.74, 6) is 0.228. The molecule has 2 rings (SSSR count). The van der Waals surface area contributed by atoms with Crippen molar-refractivity contribution in [1.82, 2.24) is 5.16 Å². The van der Waals surface area contributed by atoms with Crippen LogP contribution in [0.2, 0.25) is 5.02 Å². The third kappa shape index (κ3) is 5.24. The lowest BCUT2D eigenvalue weighted by atomic mass is 10.2. The Bertz CT molecular complexity index is 832. The standard InChI is InChI=1S/C15H17ClN2O5S/c1-10-7-14(18-23-10)17-15(19)5-6-24(20,21)9-11-8-12(16)3-4-13(11)22-2/h3-4,7-8H,5-6,9H2,1-2H3,(H,17,18,19). The molecule has 1 aromatic carbocycles. The van der Waals surface area contributed by atoms with Crippen LogP contribution in [0.1, 0.15) is 17.7 Å². The first-order chi connectivity index (χ1) is 11.3. The summed E-state index contributed by atoms with van der Waals surface area (Å²) >= 11 is 5.89. The van der Waals surface area contributed by atoms with Gasteiger partial charge < -0.3 is 14.6 Å². The third-order valence-electron chi connectivity index (χ3n) is 3.15. The van der Waals surface area contributed by atoms with E-state index in [1.54, 1.807) is 25.1 Å². The highest BCUT2D eigenvalue weighted by molar-refractivity contribution is 7.90. The summed E-state index contributed by atoms with van der Waals surface area (Å²) in [6.07, 6.45) is -0.183. The lowest BCUT2D eigenvalue weighted by Crippen LogP contribution is -2.18. The molecule has 0 atom stereocenters. The number of amides is 1. The maximum absolute atomic E-state index is 12.2. The highest BCUT2D eigenvalue weighted by atomic mass is 35.5. The molecule has 0 aliphatic rings. The van der Waals surface area contributed by atoms with Crippen LogP contribution < -0.4 is 10.1 Å². The van der Waals surface area contributed by atoms with E-state index in [1.807, 2.05) is 0 Å². The van der Waals surface area contributed by atoms with Gasteiger partial charge in [-0.3, -0.25) is 4.79 Å². The number of hydrogen-bond acceptors (Lipinski definition) is 6. The first-order valence-corrected chi connectivity index (χ1v) is 9.25. The van der Waals surface area contributed by atoms with Crippen molar-refractivity contribution in [3.05, 3.63) is 40.6 Å². The second-order valence-corrected chi connectivity index (χ2v) is 7.79. The van der Waals surface area contributed by atoms with Gasteiger partial charge >= 0.3 is 0 Å². The van der Waals surface area contributed by atoms with Gasteiger partial charge in [-0.2, -0.15) is 0 Å². The third-order valence-corrected chi connectivity index (χ3v) is 4.97. The van der Waals surface area contributed by atoms with Crippen LogP contribution >= 0.6 is 11.6 Å². The van der Waals surface area contributed by atoms with Crippen LogP contribution in [0, 0.1) is 6.92 Å². The molecule has 0 radical (unpaired) electrons. The fourth-order valence-corrected chi connectivity index (χ4v) is 3.58. The predicted molar refractivity (Wildman–Crippen MR) is 90.0 cm³/mol. The molecule has 2 aromatic rings. The topological polar surface area (TPSA) is 98.5 Å². The van der Waals surface area contributed by atoms with E-state index in [4.69, 9.17) is 20.9 Å². The minimum absolute atomic E-state index is 0.183. The molecule has 7 nitrogen and oxygen atoms in total. The van der Waals surface area contributed by atoms with Crippen LogP contribution in [0.3, 0.4) is 0 Å². The fourth-order valence-electron chi connectivity index (χ4n) is 2.05. The zero-order valence-electron chi connectivity index (χ0n) is 13.2. The van der Waals surface area contributed by atoms with Gasteiger partial charge in [-0.25, -0.2) is 8.42 Å². The molecule has 1 N–H and O–H groups in total. The smallest absolute Gasteiger partial charge is 0.226 e. The molecule has 1 heterocycles. The average Bonchev–Trinajstić information content (AvgIpc) is 2.90. The van der Waals surface area contributed by atoms with E-state index in [9.17, 15) is 13.2 Å². The maximum Gasteiger partial charge on any atom is 0.226 e. The molecule has 0 fully saturated rings. The van der Waals surface area contributed by atoms with Gasteiger partial charge in [-0.05, 0) is 25.1 Å². The number of methoxy groups -OCH3 is 1. The van der Waals surface area contributed by atoms with Crippen LogP contribution in [-0.4, -0.2) is 32.3 Å². The first kappa shape index (κ1) is 18.3. The molecule has 1 aromatic heterocycles. The van der Waals surface area contributed by atoms with Crippen LogP contribution in [-0.2, 0) is 20.4 Å². The molecule has 0 saturated carbocycles. The molecule has 1 amide bonds. The second-order valence-electron chi connectivity index (χ2n) is 5.17. The number of carbonyl (C=O) groups is 1. The fraction of sp³-hybridized carbons (Fsp3) is 0.333. The number of ether oxygens (including phenoxy) is 1. The summed E-state index contributed by atoms with van der Waals surface area (Å²) in [5.41, 5.74) is 0.456. The Labute approximate surface area is 144 Å². The number of anilines is 1. The Kier molecular flexibility index (Phi) is 5.84. The number of benzene rings is 1. The van der Waals surface area contributed by atoms with Crippen LogP contribution in [0.5, 0.6) is 5.75 Å². The summed E-state index contributed by atoms with van der Waals surface area (Å²) in [6, 6.07) is 6.30. The van der Waals surface area contributed by atoms with Crippen LogP contribution in [0.15, 0.2) is 28.8 Å². The summed E-state index contributed by atoms with van der Waals surface area (Å²) in [7, 11) is -2.06. The number of carbonyl (C=O) groups excluding carboxylic acids is 1. The quantitative estimate of drug-likeness (QED) is 0.802. The summed E-state index contributed by atoms with van der Waals surface area (Å²) < 4.78 is 34.4. The molecule has 130 valence electrons. The number of aryl methyl sites for hydroxylation is 1. The van der Waals surface area contributed by atoms with Gasteiger partial charge in [0, 0.05) is 23.1 Å². The molecule has 0 spiro atoms. The van der Waals surface area contributed by atoms with E-state index in [2.05, 4.69) is 10.5 Å². The highest BCUT2D eigenvalue weighted by Crippen LogP contribution is 2.25. The van der Waals surface area contributed by atoms with E-state index in [0.717, 1.165) is 0 Å². The zero-order valence-corrected chi connectivity index (χ0v) is 14.8. The Hall–Kier alpha value is -2.06. The zero-order chi connectivity index (χ0) is 17.7. The maximum atomic E-state index is 12.2. The molecule has 0 bridgehead atoms. The lowest BCUT2D eigenvalue weighted by Gasteiger charge is -2.09. The van der Waals surface area contributed by atoms with Gasteiger partial charge in [-0.15, -0.1) is 0 Å². The van der Waals surface area contributed by atoms with Crippen LogP contribution in [0.4, 0.5) is 5.82 Å². The van der Waals surface area contributed by atoms with E-state index in [1.165, 1.54) is 13.2 Å². The van der Waals surface area contributed by atoms with E-state index >= 15 is 0 Å². The Morgan fingerprint density at radius 2 is 2.12 bits per heavy atom. The Morgan fingerprint density at radius 1 is 1.38 bits per heavy atom. The van der Waals surface area contributed by atoms with E-state index in [-0.39, 0.29) is 23.7 Å². The van der Waals surface area contributed by atoms with Gasteiger partial charge in [0.25, 0.3) is 0 Å². The van der Waals surface area contributed by atoms with Crippen molar-refractivity contribution in [3.63, 3.8) is 0 Å². The van der Waals surface area contributed by atoms with Gasteiger partial charge in [0.15, 0.2) is 15.7 Å². The number of nitrogens with one attached hydrogen (secondary N) is 1.